The van der Waals surface area contributed by atoms with Crippen molar-refractivity contribution in [1.82, 2.24) is 5.32 Å². The van der Waals surface area contributed by atoms with E-state index in [1.807, 2.05) is 0 Å². The van der Waals surface area contributed by atoms with Crippen LogP contribution in [-0.4, -0.2) is 32.7 Å². The first-order chi connectivity index (χ1) is 9.31. The van der Waals surface area contributed by atoms with E-state index in [1.54, 1.807) is 32.3 Å². The van der Waals surface area contributed by atoms with Gasteiger partial charge in [0.05, 0.1) is 6.42 Å². The van der Waals surface area contributed by atoms with Crippen LogP contribution in [-0.2, 0) is 4.79 Å². The first-order valence-electron chi connectivity index (χ1n) is 6.22. The van der Waals surface area contributed by atoms with E-state index in [0.717, 1.165) is 5.56 Å². The molecule has 2 N–H and O–H groups in total. The molecule has 0 fully saturated rings. The summed E-state index contributed by atoms with van der Waals surface area (Å²) in [6.45, 7) is -0.119. The molecule has 7 heteroatoms. The summed E-state index contributed by atoms with van der Waals surface area (Å²) in [5.74, 6) is -0.155. The van der Waals surface area contributed by atoms with Gasteiger partial charge in [0, 0.05) is 30.5 Å². The fourth-order valence-corrected chi connectivity index (χ4v) is 2.20. The van der Waals surface area contributed by atoms with Crippen molar-refractivity contribution in [3.63, 3.8) is 0 Å². The Morgan fingerprint density at radius 2 is 2.10 bits per heavy atom. The number of anilines is 2. The van der Waals surface area contributed by atoms with Crippen molar-refractivity contribution in [3.8, 4) is 0 Å². The first kappa shape index (κ1) is 14.6. The van der Waals surface area contributed by atoms with Gasteiger partial charge >= 0.3 is 6.18 Å². The van der Waals surface area contributed by atoms with Crippen LogP contribution in [0.4, 0.5) is 24.5 Å². The number of amides is 1. The maximum Gasteiger partial charge on any atom is 0.390 e. The zero-order chi connectivity index (χ0) is 14.9. The Kier molecular flexibility index (Phi) is 3.89. The minimum absolute atomic E-state index is 0.119. The predicted octanol–water partition coefficient (Wildman–Crippen LogP) is 2.29. The van der Waals surface area contributed by atoms with Gasteiger partial charge in [-0.3, -0.25) is 4.79 Å². The minimum atomic E-state index is -4.17. The molecule has 0 bridgehead atoms. The molecule has 1 aromatic carbocycles. The van der Waals surface area contributed by atoms with Gasteiger partial charge in [-0.25, -0.2) is 0 Å². The molecule has 0 saturated carbocycles. The molecule has 0 spiro atoms. The Labute approximate surface area is 114 Å². The number of carbonyl (C=O) groups is 1. The summed E-state index contributed by atoms with van der Waals surface area (Å²) in [5, 5.41) is 5.60. The molecule has 20 heavy (non-hydrogen) atoms. The summed E-state index contributed by atoms with van der Waals surface area (Å²) >= 11 is 0. The normalized spacial score (nSPS) is 17.9. The summed E-state index contributed by atoms with van der Waals surface area (Å²) in [6.07, 6.45) is -5.04. The van der Waals surface area contributed by atoms with E-state index in [4.69, 9.17) is 0 Å². The van der Waals surface area contributed by atoms with Gasteiger partial charge in [-0.15, -0.1) is 0 Å². The highest BCUT2D eigenvalue weighted by atomic mass is 19.4. The number of carbonyl (C=O) groups excluding carboxylic acids is 1. The SMILES string of the molecule is CNC1C(=O)Nc2cc(N(C)CCC(F)(F)F)ccc21. The van der Waals surface area contributed by atoms with Gasteiger partial charge < -0.3 is 15.5 Å². The lowest BCUT2D eigenvalue weighted by Gasteiger charge is -2.21. The Morgan fingerprint density at radius 3 is 2.70 bits per heavy atom. The standard InChI is InChI=1S/C13H16F3N3O/c1-17-11-9-4-3-8(7-10(9)18-12(11)20)19(2)6-5-13(14,15)16/h3-4,7,11,17H,5-6H2,1-2H3,(H,18,20). The van der Waals surface area contributed by atoms with Crippen LogP contribution < -0.4 is 15.5 Å². The van der Waals surface area contributed by atoms with E-state index < -0.39 is 18.6 Å². The summed E-state index contributed by atoms with van der Waals surface area (Å²) in [4.78, 5) is 13.2. The molecule has 1 unspecified atom stereocenters. The number of halogens is 3. The van der Waals surface area contributed by atoms with Gasteiger partial charge in [0.15, 0.2) is 0 Å². The molecule has 1 heterocycles. The number of alkyl halides is 3. The molecule has 1 amide bonds. The molecule has 1 atom stereocenters. The third kappa shape index (κ3) is 3.04. The number of hydrogen-bond donors (Lipinski definition) is 2. The van der Waals surface area contributed by atoms with Crippen molar-refractivity contribution in [3.05, 3.63) is 23.8 Å². The smallest absolute Gasteiger partial charge is 0.374 e. The van der Waals surface area contributed by atoms with Crippen molar-refractivity contribution >= 4 is 17.3 Å². The highest BCUT2D eigenvalue weighted by Gasteiger charge is 2.30. The van der Waals surface area contributed by atoms with Gasteiger partial charge in [-0.05, 0) is 19.2 Å². The highest BCUT2D eigenvalue weighted by molar-refractivity contribution is 6.03. The number of benzene rings is 1. The van der Waals surface area contributed by atoms with Crippen molar-refractivity contribution in [2.24, 2.45) is 0 Å². The van der Waals surface area contributed by atoms with Crippen LogP contribution in [0, 0.1) is 0 Å². The largest absolute Gasteiger partial charge is 0.390 e. The zero-order valence-corrected chi connectivity index (χ0v) is 11.2. The molecule has 1 aliphatic heterocycles. The Morgan fingerprint density at radius 1 is 1.40 bits per heavy atom. The molecule has 2 rings (SSSR count). The topological polar surface area (TPSA) is 44.4 Å². The predicted molar refractivity (Wildman–Crippen MR) is 70.8 cm³/mol. The number of hydrogen-bond acceptors (Lipinski definition) is 3. The molecule has 4 nitrogen and oxygen atoms in total. The lowest BCUT2D eigenvalue weighted by molar-refractivity contribution is -0.132. The monoisotopic (exact) mass is 287 g/mol. The van der Waals surface area contributed by atoms with Gasteiger partial charge in [-0.1, -0.05) is 6.07 Å². The second-order valence-electron chi connectivity index (χ2n) is 4.77. The van der Waals surface area contributed by atoms with Gasteiger partial charge in [0.1, 0.15) is 6.04 Å². The summed E-state index contributed by atoms with van der Waals surface area (Å²) < 4.78 is 36.6. The number of fused-ring (bicyclic) bond motifs is 1. The third-order valence-corrected chi connectivity index (χ3v) is 3.33. The second-order valence-corrected chi connectivity index (χ2v) is 4.77. The third-order valence-electron chi connectivity index (χ3n) is 3.33. The van der Waals surface area contributed by atoms with Crippen LogP contribution >= 0.6 is 0 Å². The van der Waals surface area contributed by atoms with Crippen molar-refractivity contribution in [2.45, 2.75) is 18.6 Å². The van der Waals surface area contributed by atoms with Crippen molar-refractivity contribution < 1.29 is 18.0 Å². The van der Waals surface area contributed by atoms with Crippen LogP contribution in [0.2, 0.25) is 0 Å². The number of rotatable bonds is 4. The Hall–Kier alpha value is -1.76. The van der Waals surface area contributed by atoms with Crippen molar-refractivity contribution in [1.29, 1.82) is 0 Å². The average molecular weight is 287 g/mol. The van der Waals surface area contributed by atoms with E-state index in [2.05, 4.69) is 10.6 Å². The van der Waals surface area contributed by atoms with E-state index in [9.17, 15) is 18.0 Å². The number of likely N-dealkylation sites (N-methyl/N-ethyl adjacent to an activating group) is 1. The minimum Gasteiger partial charge on any atom is -0.374 e. The molecule has 0 aliphatic carbocycles. The van der Waals surface area contributed by atoms with E-state index >= 15 is 0 Å². The van der Waals surface area contributed by atoms with Gasteiger partial charge in [-0.2, -0.15) is 13.2 Å². The maximum absolute atomic E-state index is 12.2. The fraction of sp³-hybridized carbons (Fsp3) is 0.462. The molecule has 110 valence electrons. The van der Waals surface area contributed by atoms with Crippen molar-refractivity contribution in [2.75, 3.05) is 30.9 Å². The number of nitrogens with zero attached hydrogens (tertiary/aromatic N) is 1. The fourth-order valence-electron chi connectivity index (χ4n) is 2.20. The highest BCUT2D eigenvalue weighted by Crippen LogP contribution is 2.33. The van der Waals surface area contributed by atoms with Crippen LogP contribution in [0.3, 0.4) is 0 Å². The Balaban J connectivity index is 2.13. The van der Waals surface area contributed by atoms with Crippen LogP contribution in [0.5, 0.6) is 0 Å². The maximum atomic E-state index is 12.2. The zero-order valence-electron chi connectivity index (χ0n) is 11.2. The van der Waals surface area contributed by atoms with Crippen LogP contribution in [0.25, 0.3) is 0 Å². The van der Waals surface area contributed by atoms with Gasteiger partial charge in [0.2, 0.25) is 5.91 Å². The molecule has 1 aromatic rings. The molecule has 0 aromatic heterocycles. The molecular formula is C13H16F3N3O. The average Bonchev–Trinajstić information content (AvgIpc) is 2.69. The molecule has 1 aliphatic rings. The van der Waals surface area contributed by atoms with E-state index in [0.29, 0.717) is 11.4 Å². The summed E-state index contributed by atoms with van der Waals surface area (Å²) in [7, 11) is 3.28. The van der Waals surface area contributed by atoms with Gasteiger partial charge in [0.25, 0.3) is 0 Å². The van der Waals surface area contributed by atoms with Crippen LogP contribution in [0.15, 0.2) is 18.2 Å². The first-order valence-corrected chi connectivity index (χ1v) is 6.22. The Bertz CT molecular complexity index is 516. The molecule has 0 saturated heterocycles. The second kappa shape index (κ2) is 5.32. The summed E-state index contributed by atoms with van der Waals surface area (Å²) in [5.41, 5.74) is 2.10. The van der Waals surface area contributed by atoms with E-state index in [-0.39, 0.29) is 12.5 Å². The number of nitrogens with one attached hydrogen (secondary N) is 2. The summed E-state index contributed by atoms with van der Waals surface area (Å²) in [6, 6.07) is 4.77. The lowest BCUT2D eigenvalue weighted by Crippen LogP contribution is -2.24. The molecule has 0 radical (unpaired) electrons. The molecular weight excluding hydrogens is 271 g/mol. The van der Waals surface area contributed by atoms with E-state index in [1.165, 1.54) is 4.90 Å². The van der Waals surface area contributed by atoms with Crippen LogP contribution in [0.1, 0.15) is 18.0 Å². The quantitative estimate of drug-likeness (QED) is 0.893. The lowest BCUT2D eigenvalue weighted by atomic mass is 10.1.